The Bertz CT molecular complexity index is 1280. The number of piperidine rings is 1. The maximum atomic E-state index is 12.9. The lowest BCUT2D eigenvalue weighted by atomic mass is 10.1. The highest BCUT2D eigenvalue weighted by Gasteiger charge is 2.22. The van der Waals surface area contributed by atoms with Crippen LogP contribution in [-0.2, 0) is 25.4 Å². The summed E-state index contributed by atoms with van der Waals surface area (Å²) in [7, 11) is 3.15. The lowest BCUT2D eigenvalue weighted by molar-refractivity contribution is -0.116. The SMILES string of the molecule is Cn1cnc2c1c(=O)n(CC(=O)Nc1ccccc1C(=O)N1CCCCC1)c(=O)n2C. The Morgan fingerprint density at radius 1 is 1.06 bits per heavy atom. The molecule has 0 saturated carbocycles. The number of amides is 2. The summed E-state index contributed by atoms with van der Waals surface area (Å²) in [4.78, 5) is 56.9. The second kappa shape index (κ2) is 8.21. The van der Waals surface area contributed by atoms with Crippen molar-refractivity contribution in [3.8, 4) is 0 Å². The highest BCUT2D eigenvalue weighted by atomic mass is 16.2. The Hall–Kier alpha value is -3.69. The van der Waals surface area contributed by atoms with Crippen LogP contribution in [0.15, 0.2) is 40.2 Å². The molecule has 1 N–H and O–H groups in total. The van der Waals surface area contributed by atoms with Crippen LogP contribution in [0.25, 0.3) is 11.2 Å². The molecule has 1 aliphatic rings. The fourth-order valence-electron chi connectivity index (χ4n) is 3.91. The number of anilines is 1. The van der Waals surface area contributed by atoms with E-state index in [1.165, 1.54) is 22.5 Å². The van der Waals surface area contributed by atoms with E-state index in [2.05, 4.69) is 10.3 Å². The van der Waals surface area contributed by atoms with Gasteiger partial charge in [-0.2, -0.15) is 0 Å². The van der Waals surface area contributed by atoms with E-state index in [1.54, 1.807) is 36.2 Å². The first-order valence-electron chi connectivity index (χ1n) is 10.2. The second-order valence-electron chi connectivity index (χ2n) is 7.71. The summed E-state index contributed by atoms with van der Waals surface area (Å²) in [6.45, 7) is 0.910. The summed E-state index contributed by atoms with van der Waals surface area (Å²) < 4.78 is 3.62. The third-order valence-corrected chi connectivity index (χ3v) is 5.58. The summed E-state index contributed by atoms with van der Waals surface area (Å²) in [5, 5.41) is 2.69. The number of carbonyl (C=O) groups is 2. The zero-order valence-corrected chi connectivity index (χ0v) is 17.5. The van der Waals surface area contributed by atoms with Gasteiger partial charge in [-0.3, -0.25) is 19.0 Å². The number of carbonyl (C=O) groups excluding carboxylic acids is 2. The standard InChI is InChI=1S/C21H24N6O4/c1-24-13-22-18-17(24)20(30)27(21(31)25(18)2)12-16(28)23-15-9-5-4-8-14(15)19(29)26-10-6-3-7-11-26/h4-5,8-9,13H,3,6-7,10-12H2,1-2H3,(H,23,28). The maximum Gasteiger partial charge on any atom is 0.332 e. The number of imidazole rings is 1. The van der Waals surface area contributed by atoms with E-state index in [0.717, 1.165) is 23.8 Å². The van der Waals surface area contributed by atoms with E-state index in [1.807, 2.05) is 0 Å². The average Bonchev–Trinajstić information content (AvgIpc) is 3.17. The Morgan fingerprint density at radius 2 is 1.77 bits per heavy atom. The molecule has 2 amide bonds. The molecule has 0 unspecified atom stereocenters. The van der Waals surface area contributed by atoms with Gasteiger partial charge < -0.3 is 14.8 Å². The number of nitrogens with zero attached hydrogens (tertiary/aromatic N) is 5. The molecule has 4 rings (SSSR count). The average molecular weight is 424 g/mol. The van der Waals surface area contributed by atoms with Crippen LogP contribution in [0.2, 0.25) is 0 Å². The minimum atomic E-state index is -0.635. The van der Waals surface area contributed by atoms with E-state index < -0.39 is 23.7 Å². The number of hydrogen-bond acceptors (Lipinski definition) is 5. The molecule has 10 nitrogen and oxygen atoms in total. The first-order chi connectivity index (χ1) is 14.9. The fraction of sp³-hybridized carbons (Fsp3) is 0.381. The van der Waals surface area contributed by atoms with Gasteiger partial charge in [-0.1, -0.05) is 12.1 Å². The predicted molar refractivity (Wildman–Crippen MR) is 115 cm³/mol. The normalized spacial score (nSPS) is 14.1. The molecule has 0 spiro atoms. The molecule has 3 aromatic rings. The molecule has 1 aromatic carbocycles. The van der Waals surface area contributed by atoms with Gasteiger partial charge in [0.2, 0.25) is 5.91 Å². The van der Waals surface area contributed by atoms with Crippen molar-refractivity contribution in [2.45, 2.75) is 25.8 Å². The van der Waals surface area contributed by atoms with Gasteiger partial charge >= 0.3 is 5.69 Å². The third kappa shape index (κ3) is 3.76. The van der Waals surface area contributed by atoms with Crippen LogP contribution in [0.3, 0.4) is 0 Å². The second-order valence-corrected chi connectivity index (χ2v) is 7.71. The smallest absolute Gasteiger partial charge is 0.332 e. The molecule has 1 fully saturated rings. The van der Waals surface area contributed by atoms with Crippen LogP contribution in [0.4, 0.5) is 5.69 Å². The van der Waals surface area contributed by atoms with Crippen LogP contribution in [0.1, 0.15) is 29.6 Å². The zero-order valence-electron chi connectivity index (χ0n) is 17.5. The van der Waals surface area contributed by atoms with E-state index in [-0.39, 0.29) is 17.1 Å². The number of aryl methyl sites for hydroxylation is 2. The van der Waals surface area contributed by atoms with Gasteiger partial charge in [0, 0.05) is 27.2 Å². The largest absolute Gasteiger partial charge is 0.339 e. The predicted octanol–water partition coefficient (Wildman–Crippen LogP) is 0.698. The van der Waals surface area contributed by atoms with Crippen molar-refractivity contribution in [1.29, 1.82) is 0 Å². The van der Waals surface area contributed by atoms with Crippen molar-refractivity contribution in [2.75, 3.05) is 18.4 Å². The Balaban J connectivity index is 1.61. The van der Waals surface area contributed by atoms with Crippen LogP contribution < -0.4 is 16.6 Å². The van der Waals surface area contributed by atoms with Crippen LogP contribution in [0, 0.1) is 0 Å². The van der Waals surface area contributed by atoms with Crippen molar-refractivity contribution < 1.29 is 9.59 Å². The monoisotopic (exact) mass is 424 g/mol. The molecule has 162 valence electrons. The molecule has 0 radical (unpaired) electrons. The number of nitrogens with one attached hydrogen (secondary N) is 1. The van der Waals surface area contributed by atoms with Crippen molar-refractivity contribution in [3.05, 3.63) is 57.0 Å². The van der Waals surface area contributed by atoms with Crippen molar-refractivity contribution >= 4 is 28.7 Å². The summed E-state index contributed by atoms with van der Waals surface area (Å²) >= 11 is 0. The number of likely N-dealkylation sites (tertiary alicyclic amines) is 1. The molecular weight excluding hydrogens is 400 g/mol. The van der Waals surface area contributed by atoms with Crippen molar-refractivity contribution in [2.24, 2.45) is 14.1 Å². The van der Waals surface area contributed by atoms with Gasteiger partial charge in [0.05, 0.1) is 17.6 Å². The maximum absolute atomic E-state index is 12.9. The van der Waals surface area contributed by atoms with Gasteiger partial charge in [0.25, 0.3) is 11.5 Å². The molecule has 0 atom stereocenters. The lowest BCUT2D eigenvalue weighted by Gasteiger charge is -2.27. The molecule has 31 heavy (non-hydrogen) atoms. The van der Waals surface area contributed by atoms with Gasteiger partial charge in [0.1, 0.15) is 6.54 Å². The van der Waals surface area contributed by atoms with E-state index in [9.17, 15) is 19.2 Å². The van der Waals surface area contributed by atoms with Crippen LogP contribution in [-0.4, -0.2) is 48.5 Å². The number of fused-ring (bicyclic) bond motifs is 1. The Kier molecular flexibility index (Phi) is 5.45. The van der Waals surface area contributed by atoms with Gasteiger partial charge in [-0.05, 0) is 31.4 Å². The first-order valence-corrected chi connectivity index (χ1v) is 10.2. The number of aromatic nitrogens is 4. The van der Waals surface area contributed by atoms with Crippen molar-refractivity contribution in [1.82, 2.24) is 23.6 Å². The molecule has 0 aliphatic carbocycles. The topological polar surface area (TPSA) is 111 Å². The van der Waals surface area contributed by atoms with Crippen LogP contribution in [0.5, 0.6) is 0 Å². The number of rotatable bonds is 4. The molecule has 3 heterocycles. The van der Waals surface area contributed by atoms with Crippen molar-refractivity contribution in [3.63, 3.8) is 0 Å². The third-order valence-electron chi connectivity index (χ3n) is 5.58. The van der Waals surface area contributed by atoms with E-state index in [4.69, 9.17) is 0 Å². The molecule has 1 aliphatic heterocycles. The minimum Gasteiger partial charge on any atom is -0.339 e. The molecule has 1 saturated heterocycles. The number of para-hydroxylation sites is 1. The minimum absolute atomic E-state index is 0.139. The summed E-state index contributed by atoms with van der Waals surface area (Å²) in [5.41, 5.74) is 0.00630. The Morgan fingerprint density at radius 3 is 2.52 bits per heavy atom. The van der Waals surface area contributed by atoms with Gasteiger partial charge in [-0.25, -0.2) is 14.3 Å². The van der Waals surface area contributed by atoms with E-state index >= 15 is 0 Å². The lowest BCUT2D eigenvalue weighted by Crippen LogP contribution is -2.42. The number of benzene rings is 1. The quantitative estimate of drug-likeness (QED) is 0.663. The van der Waals surface area contributed by atoms with Crippen LogP contribution >= 0.6 is 0 Å². The number of hydrogen-bond donors (Lipinski definition) is 1. The zero-order chi connectivity index (χ0) is 22.1. The first kappa shape index (κ1) is 20.6. The van der Waals surface area contributed by atoms with E-state index in [0.29, 0.717) is 24.3 Å². The highest BCUT2D eigenvalue weighted by Crippen LogP contribution is 2.20. The fourth-order valence-corrected chi connectivity index (χ4v) is 3.91. The molecule has 2 aromatic heterocycles. The molecule has 10 heteroatoms. The van der Waals surface area contributed by atoms with Gasteiger partial charge in [0.15, 0.2) is 11.2 Å². The summed E-state index contributed by atoms with van der Waals surface area (Å²) in [6.07, 6.45) is 4.47. The summed E-state index contributed by atoms with van der Waals surface area (Å²) in [5.74, 6) is -0.709. The molecular formula is C21H24N6O4. The summed E-state index contributed by atoms with van der Waals surface area (Å²) in [6, 6.07) is 6.76. The highest BCUT2D eigenvalue weighted by molar-refractivity contribution is 6.03. The molecule has 0 bridgehead atoms. The van der Waals surface area contributed by atoms with Gasteiger partial charge in [-0.15, -0.1) is 0 Å². The Labute approximate surface area is 177 Å².